The van der Waals surface area contributed by atoms with Crippen LogP contribution in [0.5, 0.6) is 11.5 Å². The minimum Gasteiger partial charge on any atom is -0.497 e. The van der Waals surface area contributed by atoms with E-state index >= 15 is 0 Å². The molecule has 34 heavy (non-hydrogen) atoms. The number of amides is 2. The summed E-state index contributed by atoms with van der Waals surface area (Å²) in [6.07, 6.45) is 0.478. The average Bonchev–Trinajstić information content (AvgIpc) is 2.81. The van der Waals surface area contributed by atoms with Crippen LogP contribution >= 0.6 is 0 Å². The minimum atomic E-state index is -0.631. The van der Waals surface area contributed by atoms with Crippen molar-refractivity contribution in [3.8, 4) is 11.5 Å². The van der Waals surface area contributed by atoms with Crippen molar-refractivity contribution < 1.29 is 19.1 Å². The molecule has 0 saturated heterocycles. The number of hydrogen-bond acceptors (Lipinski definition) is 4. The lowest BCUT2D eigenvalue weighted by Crippen LogP contribution is -2.54. The van der Waals surface area contributed by atoms with Gasteiger partial charge in [0.2, 0.25) is 5.91 Å². The number of nitrogens with zero attached hydrogens (tertiary/aromatic N) is 1. The van der Waals surface area contributed by atoms with Crippen molar-refractivity contribution in [3.63, 3.8) is 0 Å². The Labute approximate surface area is 201 Å². The van der Waals surface area contributed by atoms with Gasteiger partial charge in [-0.15, -0.1) is 0 Å². The fraction of sp³-hybridized carbons (Fsp3) is 0.357. The number of methoxy groups -OCH3 is 1. The third-order valence-electron chi connectivity index (χ3n) is 5.47. The van der Waals surface area contributed by atoms with Crippen LogP contribution in [0.3, 0.4) is 0 Å². The Kier molecular flexibility index (Phi) is 8.16. The van der Waals surface area contributed by atoms with Gasteiger partial charge in [0, 0.05) is 17.5 Å². The summed E-state index contributed by atoms with van der Waals surface area (Å²) < 4.78 is 11.3. The molecule has 0 saturated carbocycles. The number of fused-ring (bicyclic) bond motifs is 1. The molecule has 180 valence electrons. The second-order valence-electron chi connectivity index (χ2n) is 9.30. The number of hydrogen-bond donors (Lipinski definition) is 1. The minimum absolute atomic E-state index is 0.169. The molecular formula is C28H34N2O4. The summed E-state index contributed by atoms with van der Waals surface area (Å²) in [5, 5.41) is 4.99. The normalized spacial score (nSPS) is 12.1. The van der Waals surface area contributed by atoms with Gasteiger partial charge in [-0.2, -0.15) is 0 Å². The van der Waals surface area contributed by atoms with Gasteiger partial charge in [-0.1, -0.05) is 55.5 Å². The number of carbonyl (C=O) groups is 2. The highest BCUT2D eigenvalue weighted by molar-refractivity contribution is 5.90. The molecule has 0 unspecified atom stereocenters. The highest BCUT2D eigenvalue weighted by atomic mass is 16.5. The van der Waals surface area contributed by atoms with Crippen molar-refractivity contribution in [2.45, 2.75) is 52.2 Å². The molecule has 0 aromatic heterocycles. The lowest BCUT2D eigenvalue weighted by molar-refractivity contribution is -0.143. The van der Waals surface area contributed by atoms with Gasteiger partial charge in [-0.3, -0.25) is 9.59 Å². The summed E-state index contributed by atoms with van der Waals surface area (Å²) in [4.78, 5) is 28.2. The Balaban J connectivity index is 1.86. The van der Waals surface area contributed by atoms with Gasteiger partial charge < -0.3 is 19.7 Å². The molecule has 3 aromatic rings. The third-order valence-corrected chi connectivity index (χ3v) is 5.47. The van der Waals surface area contributed by atoms with Gasteiger partial charge >= 0.3 is 0 Å². The molecule has 0 aliphatic heterocycles. The molecule has 0 aliphatic rings. The molecule has 1 atom stereocenters. The van der Waals surface area contributed by atoms with Crippen LogP contribution in [0.25, 0.3) is 10.8 Å². The number of rotatable bonds is 9. The lowest BCUT2D eigenvalue weighted by Gasteiger charge is -2.33. The van der Waals surface area contributed by atoms with E-state index in [0.717, 1.165) is 16.3 Å². The second-order valence-corrected chi connectivity index (χ2v) is 9.30. The summed E-state index contributed by atoms with van der Waals surface area (Å²) in [5.74, 6) is 0.895. The standard InChI is InChI=1S/C28H34N2O4/c1-6-24(27(32)29-28(2,3)4)30(18-20-11-9-14-22(17-20)33-5)26(31)19-34-25-16-10-13-21-12-7-8-15-23(21)25/h7-17,24H,6,18-19H2,1-5H3,(H,29,32)/t24-/m0/s1. The van der Waals surface area contributed by atoms with Crippen molar-refractivity contribution in [1.82, 2.24) is 10.2 Å². The molecule has 0 spiro atoms. The van der Waals surface area contributed by atoms with Crippen LogP contribution in [0.4, 0.5) is 0 Å². The van der Waals surface area contributed by atoms with E-state index in [1.54, 1.807) is 12.0 Å². The fourth-order valence-corrected chi connectivity index (χ4v) is 3.88. The molecule has 0 aliphatic carbocycles. The first-order valence-corrected chi connectivity index (χ1v) is 11.6. The van der Waals surface area contributed by atoms with Gasteiger partial charge in [0.05, 0.1) is 7.11 Å². The highest BCUT2D eigenvalue weighted by Crippen LogP contribution is 2.25. The SMILES string of the molecule is CC[C@@H](C(=O)NC(C)(C)C)N(Cc1cccc(OC)c1)C(=O)COc1cccc2ccccc12. The second kappa shape index (κ2) is 11.1. The summed E-state index contributed by atoms with van der Waals surface area (Å²) in [7, 11) is 1.60. The molecule has 6 nitrogen and oxygen atoms in total. The van der Waals surface area contributed by atoms with E-state index in [4.69, 9.17) is 9.47 Å². The molecule has 1 N–H and O–H groups in total. The predicted octanol–water partition coefficient (Wildman–Crippen LogP) is 4.95. The fourth-order valence-electron chi connectivity index (χ4n) is 3.88. The zero-order chi connectivity index (χ0) is 24.7. The maximum atomic E-state index is 13.5. The molecule has 3 rings (SSSR count). The number of carbonyl (C=O) groups excluding carboxylic acids is 2. The molecule has 0 heterocycles. The van der Waals surface area contributed by atoms with Crippen LogP contribution in [0.2, 0.25) is 0 Å². The van der Waals surface area contributed by atoms with Gasteiger partial charge in [0.25, 0.3) is 5.91 Å². The van der Waals surface area contributed by atoms with Crippen molar-refractivity contribution in [2.75, 3.05) is 13.7 Å². The van der Waals surface area contributed by atoms with E-state index in [2.05, 4.69) is 5.32 Å². The summed E-state index contributed by atoms with van der Waals surface area (Å²) in [6, 6.07) is 20.5. The van der Waals surface area contributed by atoms with Crippen LogP contribution in [-0.2, 0) is 16.1 Å². The van der Waals surface area contributed by atoms with Crippen LogP contribution in [0.1, 0.15) is 39.7 Å². The predicted molar refractivity (Wildman–Crippen MR) is 135 cm³/mol. The van der Waals surface area contributed by atoms with Crippen LogP contribution < -0.4 is 14.8 Å². The number of nitrogens with one attached hydrogen (secondary N) is 1. The Hall–Kier alpha value is -3.54. The summed E-state index contributed by atoms with van der Waals surface area (Å²) in [6.45, 7) is 7.78. The zero-order valence-electron chi connectivity index (χ0n) is 20.6. The monoisotopic (exact) mass is 462 g/mol. The first kappa shape index (κ1) is 25.1. The zero-order valence-corrected chi connectivity index (χ0v) is 20.6. The molecule has 0 radical (unpaired) electrons. The Bertz CT molecular complexity index is 1130. The molecule has 3 aromatic carbocycles. The number of benzene rings is 3. The van der Waals surface area contributed by atoms with Gasteiger partial charge in [0.15, 0.2) is 6.61 Å². The van der Waals surface area contributed by atoms with Crippen molar-refractivity contribution in [1.29, 1.82) is 0 Å². The van der Waals surface area contributed by atoms with Crippen LogP contribution in [0.15, 0.2) is 66.7 Å². The quantitative estimate of drug-likeness (QED) is 0.489. The topological polar surface area (TPSA) is 67.9 Å². The maximum Gasteiger partial charge on any atom is 0.261 e. The molecule has 0 fully saturated rings. The smallest absolute Gasteiger partial charge is 0.261 e. The van der Waals surface area contributed by atoms with E-state index in [-0.39, 0.29) is 25.0 Å². The Morgan fingerprint density at radius 3 is 2.41 bits per heavy atom. The lowest BCUT2D eigenvalue weighted by atomic mass is 10.1. The molecule has 0 bridgehead atoms. The van der Waals surface area contributed by atoms with Gasteiger partial charge in [0.1, 0.15) is 17.5 Å². The maximum absolute atomic E-state index is 13.5. The van der Waals surface area contributed by atoms with Crippen molar-refractivity contribution >= 4 is 22.6 Å². The van der Waals surface area contributed by atoms with Crippen molar-refractivity contribution in [3.05, 3.63) is 72.3 Å². The van der Waals surface area contributed by atoms with Crippen molar-refractivity contribution in [2.24, 2.45) is 0 Å². The molecule has 6 heteroatoms. The first-order chi connectivity index (χ1) is 16.2. The number of ether oxygens (including phenoxy) is 2. The van der Waals surface area contributed by atoms with Crippen LogP contribution in [-0.4, -0.2) is 42.0 Å². The van der Waals surface area contributed by atoms with E-state index in [0.29, 0.717) is 17.9 Å². The highest BCUT2D eigenvalue weighted by Gasteiger charge is 2.31. The Morgan fingerprint density at radius 1 is 1.00 bits per heavy atom. The van der Waals surface area contributed by atoms with Gasteiger partial charge in [-0.05, 0) is 56.3 Å². The Morgan fingerprint density at radius 2 is 1.71 bits per heavy atom. The van der Waals surface area contributed by atoms with E-state index in [1.165, 1.54) is 0 Å². The molecule has 2 amide bonds. The van der Waals surface area contributed by atoms with E-state index in [9.17, 15) is 9.59 Å². The third kappa shape index (κ3) is 6.50. The average molecular weight is 463 g/mol. The molecular weight excluding hydrogens is 428 g/mol. The van der Waals surface area contributed by atoms with Gasteiger partial charge in [-0.25, -0.2) is 0 Å². The van der Waals surface area contributed by atoms with E-state index in [1.807, 2.05) is 94.4 Å². The van der Waals surface area contributed by atoms with E-state index < -0.39 is 11.6 Å². The van der Waals surface area contributed by atoms with Crippen LogP contribution in [0, 0.1) is 0 Å². The summed E-state index contributed by atoms with van der Waals surface area (Å²) in [5.41, 5.74) is 0.467. The largest absolute Gasteiger partial charge is 0.497 e. The summed E-state index contributed by atoms with van der Waals surface area (Å²) >= 11 is 0. The first-order valence-electron chi connectivity index (χ1n) is 11.6.